The predicted octanol–water partition coefficient (Wildman–Crippen LogP) is 2.61. The number of aromatic nitrogens is 3. The van der Waals surface area contributed by atoms with Crippen LogP contribution in [-0.2, 0) is 13.0 Å². The van der Waals surface area contributed by atoms with Gasteiger partial charge in [0.05, 0.1) is 11.3 Å². The van der Waals surface area contributed by atoms with E-state index in [9.17, 15) is 5.11 Å². The van der Waals surface area contributed by atoms with Gasteiger partial charge in [0.2, 0.25) is 5.88 Å². The van der Waals surface area contributed by atoms with E-state index in [1.54, 1.807) is 10.9 Å². The van der Waals surface area contributed by atoms with Gasteiger partial charge in [-0.25, -0.2) is 4.98 Å². The highest BCUT2D eigenvalue weighted by Crippen LogP contribution is 2.29. The Balaban J connectivity index is 1.56. The highest BCUT2D eigenvalue weighted by atomic mass is 16.3. The highest BCUT2D eigenvalue weighted by Gasteiger charge is 2.25. The summed E-state index contributed by atoms with van der Waals surface area (Å²) in [7, 11) is 0. The third kappa shape index (κ3) is 2.80. The fraction of sp³-hybridized carbons (Fsp3) is 0.333. The van der Waals surface area contributed by atoms with Crippen molar-refractivity contribution >= 4 is 0 Å². The fourth-order valence-corrected chi connectivity index (χ4v) is 3.23. The van der Waals surface area contributed by atoms with E-state index in [1.807, 2.05) is 18.2 Å². The monoisotopic (exact) mass is 308 g/mol. The van der Waals surface area contributed by atoms with Crippen LogP contribution >= 0.6 is 0 Å². The maximum Gasteiger partial charge on any atom is 0.220 e. The normalized spacial score (nSPS) is 17.8. The Labute approximate surface area is 135 Å². The van der Waals surface area contributed by atoms with Crippen LogP contribution in [0.1, 0.15) is 24.1 Å². The summed E-state index contributed by atoms with van der Waals surface area (Å²) in [5.74, 6) is 0.875. The van der Waals surface area contributed by atoms with Crippen molar-refractivity contribution in [2.45, 2.75) is 25.8 Å². The van der Waals surface area contributed by atoms with Gasteiger partial charge in [-0.05, 0) is 30.5 Å². The van der Waals surface area contributed by atoms with E-state index >= 15 is 0 Å². The lowest BCUT2D eigenvalue weighted by molar-refractivity contribution is 0.271. The van der Waals surface area contributed by atoms with Crippen molar-refractivity contribution in [1.29, 1.82) is 0 Å². The van der Waals surface area contributed by atoms with Crippen molar-refractivity contribution in [3.05, 3.63) is 59.5 Å². The molecule has 5 nitrogen and oxygen atoms in total. The molecule has 1 aliphatic carbocycles. The van der Waals surface area contributed by atoms with Gasteiger partial charge in [-0.15, -0.1) is 0 Å². The summed E-state index contributed by atoms with van der Waals surface area (Å²) >= 11 is 0. The van der Waals surface area contributed by atoms with E-state index < -0.39 is 0 Å². The largest absolute Gasteiger partial charge is 0.493 e. The zero-order valence-electron chi connectivity index (χ0n) is 13.0. The van der Waals surface area contributed by atoms with E-state index in [0.29, 0.717) is 5.82 Å². The Kier molecular flexibility index (Phi) is 3.71. The number of aromatic hydroxyl groups is 1. The summed E-state index contributed by atoms with van der Waals surface area (Å²) < 4.78 is 1.55. The molecule has 23 heavy (non-hydrogen) atoms. The summed E-state index contributed by atoms with van der Waals surface area (Å²) in [6.07, 6.45) is 11.6. The van der Waals surface area contributed by atoms with Crippen LogP contribution in [-0.4, -0.2) is 37.9 Å². The predicted molar refractivity (Wildman–Crippen MR) is 88.5 cm³/mol. The topological polar surface area (TPSA) is 54.2 Å². The van der Waals surface area contributed by atoms with E-state index in [0.717, 1.165) is 50.2 Å². The van der Waals surface area contributed by atoms with Gasteiger partial charge in [0.1, 0.15) is 0 Å². The summed E-state index contributed by atoms with van der Waals surface area (Å²) in [5.41, 5.74) is 3.29. The van der Waals surface area contributed by atoms with Crippen molar-refractivity contribution in [1.82, 2.24) is 19.7 Å². The second-order valence-electron chi connectivity index (χ2n) is 6.07. The minimum Gasteiger partial charge on any atom is -0.493 e. The van der Waals surface area contributed by atoms with Gasteiger partial charge in [-0.1, -0.05) is 24.3 Å². The highest BCUT2D eigenvalue weighted by molar-refractivity contribution is 5.38. The summed E-state index contributed by atoms with van der Waals surface area (Å²) in [6.45, 7) is 2.64. The molecule has 2 aromatic rings. The van der Waals surface area contributed by atoms with Gasteiger partial charge in [-0.2, -0.15) is 9.78 Å². The number of hydrogen-bond acceptors (Lipinski definition) is 4. The second kappa shape index (κ2) is 6.01. The molecule has 0 bridgehead atoms. The molecule has 118 valence electrons. The van der Waals surface area contributed by atoms with Crippen LogP contribution in [0.25, 0.3) is 5.82 Å². The molecule has 2 aromatic heterocycles. The van der Waals surface area contributed by atoms with Crippen molar-refractivity contribution in [3.63, 3.8) is 0 Å². The lowest BCUT2D eigenvalue weighted by Crippen LogP contribution is -2.31. The first-order valence-electron chi connectivity index (χ1n) is 8.10. The standard InChI is InChI=1S/C18H20N4O/c23-18-15-13-21(12-14-6-2-1-3-7-14)11-9-16(15)20-22(18)17-8-4-5-10-19-17/h2,4-8,10,23H,1,3,9,11-13H2. The zero-order valence-corrected chi connectivity index (χ0v) is 13.0. The number of hydrogen-bond donors (Lipinski definition) is 1. The lowest BCUT2D eigenvalue weighted by Gasteiger charge is -2.26. The molecule has 0 unspecified atom stereocenters. The van der Waals surface area contributed by atoms with Gasteiger partial charge < -0.3 is 5.11 Å². The first-order valence-corrected chi connectivity index (χ1v) is 8.10. The molecule has 0 saturated carbocycles. The van der Waals surface area contributed by atoms with Crippen molar-refractivity contribution < 1.29 is 5.11 Å². The maximum absolute atomic E-state index is 10.6. The summed E-state index contributed by atoms with van der Waals surface area (Å²) in [4.78, 5) is 6.64. The van der Waals surface area contributed by atoms with Crippen LogP contribution in [0.2, 0.25) is 0 Å². The molecule has 1 aliphatic heterocycles. The minimum absolute atomic E-state index is 0.219. The molecule has 5 heteroatoms. The van der Waals surface area contributed by atoms with Crippen molar-refractivity contribution in [3.8, 4) is 11.7 Å². The maximum atomic E-state index is 10.6. The quantitative estimate of drug-likeness (QED) is 0.947. The fourth-order valence-electron chi connectivity index (χ4n) is 3.23. The van der Waals surface area contributed by atoms with Gasteiger partial charge in [0.15, 0.2) is 5.82 Å². The molecule has 2 aliphatic rings. The van der Waals surface area contributed by atoms with E-state index in [-0.39, 0.29) is 5.88 Å². The number of allylic oxidation sites excluding steroid dienone is 2. The van der Waals surface area contributed by atoms with E-state index in [1.165, 1.54) is 5.57 Å². The van der Waals surface area contributed by atoms with Gasteiger partial charge in [-0.3, -0.25) is 4.90 Å². The van der Waals surface area contributed by atoms with Crippen molar-refractivity contribution in [2.75, 3.05) is 13.1 Å². The average Bonchev–Trinajstić information content (AvgIpc) is 2.93. The molecular weight excluding hydrogens is 288 g/mol. The SMILES string of the molecule is Oc1c2c(nn1-c1ccccn1)CCN(CC1=CCCC=C1)C2. The molecule has 3 heterocycles. The zero-order chi connectivity index (χ0) is 15.6. The molecule has 0 saturated heterocycles. The number of fused-ring (bicyclic) bond motifs is 1. The van der Waals surface area contributed by atoms with Gasteiger partial charge >= 0.3 is 0 Å². The molecular formula is C18H20N4O. The molecule has 0 amide bonds. The Bertz CT molecular complexity index is 761. The molecule has 1 N–H and O–H groups in total. The Morgan fingerprint density at radius 2 is 2.17 bits per heavy atom. The first kappa shape index (κ1) is 14.2. The smallest absolute Gasteiger partial charge is 0.220 e. The van der Waals surface area contributed by atoms with Crippen molar-refractivity contribution in [2.24, 2.45) is 0 Å². The molecule has 4 rings (SSSR count). The van der Waals surface area contributed by atoms with Crippen LogP contribution in [0.15, 0.2) is 48.2 Å². The Hall–Kier alpha value is -2.40. The van der Waals surface area contributed by atoms with Crippen LogP contribution < -0.4 is 0 Å². The van der Waals surface area contributed by atoms with Crippen LogP contribution in [0.5, 0.6) is 5.88 Å². The summed E-state index contributed by atoms with van der Waals surface area (Å²) in [6, 6.07) is 5.61. The second-order valence-corrected chi connectivity index (χ2v) is 6.07. The molecule has 0 radical (unpaired) electrons. The average molecular weight is 308 g/mol. The molecule has 0 fully saturated rings. The summed E-state index contributed by atoms with van der Waals surface area (Å²) in [5, 5.41) is 15.1. The molecule has 0 atom stereocenters. The van der Waals surface area contributed by atoms with Gasteiger partial charge in [0.25, 0.3) is 0 Å². The van der Waals surface area contributed by atoms with Crippen LogP contribution in [0.3, 0.4) is 0 Å². The first-order chi connectivity index (χ1) is 11.3. The Morgan fingerprint density at radius 1 is 1.22 bits per heavy atom. The lowest BCUT2D eigenvalue weighted by atomic mass is 10.0. The minimum atomic E-state index is 0.219. The van der Waals surface area contributed by atoms with Gasteiger partial charge in [0, 0.05) is 32.3 Å². The van der Waals surface area contributed by atoms with Crippen LogP contribution in [0.4, 0.5) is 0 Å². The number of nitrogens with zero attached hydrogens (tertiary/aromatic N) is 4. The third-order valence-electron chi connectivity index (χ3n) is 4.43. The number of pyridine rings is 1. The number of rotatable bonds is 3. The van der Waals surface area contributed by atoms with E-state index in [2.05, 4.69) is 33.2 Å². The van der Waals surface area contributed by atoms with Crippen LogP contribution in [0, 0.1) is 0 Å². The molecule has 0 aromatic carbocycles. The third-order valence-corrected chi connectivity index (χ3v) is 4.43. The molecule has 0 spiro atoms. The Morgan fingerprint density at radius 3 is 2.96 bits per heavy atom. The van der Waals surface area contributed by atoms with E-state index in [4.69, 9.17) is 0 Å².